The number of aliphatic carboxylic acids is 1. The first kappa shape index (κ1) is 35.6. The molecule has 48 heavy (non-hydrogen) atoms. The summed E-state index contributed by atoms with van der Waals surface area (Å²) in [5.41, 5.74) is -0.793. The van der Waals surface area contributed by atoms with E-state index in [0.29, 0.717) is 44.1 Å². The summed E-state index contributed by atoms with van der Waals surface area (Å²) in [4.78, 5) is 13.6. The van der Waals surface area contributed by atoms with Crippen molar-refractivity contribution < 1.29 is 39.1 Å². The van der Waals surface area contributed by atoms with E-state index in [1.165, 1.54) is 12.8 Å². The monoisotopic (exact) mass is 675 g/mol. The SMILES string of the molecule is CCOC(C1C[C@@H](C)[C@H]2C(O1)[C@H](O)[C@@]1(C)C3CC[C@H]4C(C)(C)C(O[C@H]5CN(C(C)C(=O)O)CCO5)CCC45CC35CCC21C)C(C)(C)O. The largest absolute Gasteiger partial charge is 0.480 e. The van der Waals surface area contributed by atoms with Crippen molar-refractivity contribution in [3.05, 3.63) is 0 Å². The van der Waals surface area contributed by atoms with Gasteiger partial charge in [-0.05, 0) is 124 Å². The fraction of sp³-hybridized carbons (Fsp3) is 0.974. The number of rotatable bonds is 8. The van der Waals surface area contributed by atoms with E-state index in [0.717, 1.165) is 38.5 Å². The Morgan fingerprint density at radius 3 is 2.42 bits per heavy atom. The molecule has 9 unspecified atom stereocenters. The molecule has 7 aliphatic rings. The maximum absolute atomic E-state index is 12.6. The number of ether oxygens (including phenoxy) is 4. The fourth-order valence-corrected chi connectivity index (χ4v) is 14.1. The molecule has 0 aromatic heterocycles. The van der Waals surface area contributed by atoms with Gasteiger partial charge >= 0.3 is 5.97 Å². The van der Waals surface area contributed by atoms with Crippen LogP contribution in [0.25, 0.3) is 0 Å². The van der Waals surface area contributed by atoms with Gasteiger partial charge in [0.05, 0.1) is 43.2 Å². The van der Waals surface area contributed by atoms with E-state index in [-0.39, 0.29) is 51.3 Å². The standard InChI is InChI=1S/C39H65NO8/c1-10-45-32(35(6,7)44)24-19-22(2)29-30(47-24)31(41)37(9)26-12-11-25-34(4,5)27(48-28-20-40(17-18-46-28)23(3)33(42)43)13-14-38(25)21-39(26,38)16-15-36(29,37)8/h22-32,41,44H,10-21H2,1-9H3,(H,42,43)/t22-,23?,24?,25+,26?,27?,28+,29+,30?,31+,32?,36?,37-,38?,39?/m1/s1. The number of carboxylic acids is 1. The Morgan fingerprint density at radius 1 is 1.06 bits per heavy atom. The van der Waals surface area contributed by atoms with Gasteiger partial charge in [0.15, 0.2) is 6.29 Å². The molecule has 2 aliphatic heterocycles. The van der Waals surface area contributed by atoms with Crippen molar-refractivity contribution in [3.63, 3.8) is 0 Å². The summed E-state index contributed by atoms with van der Waals surface area (Å²) in [6, 6.07) is -0.552. The predicted octanol–water partition coefficient (Wildman–Crippen LogP) is 5.49. The third kappa shape index (κ3) is 4.76. The number of hydrogen-bond donors (Lipinski definition) is 3. The van der Waals surface area contributed by atoms with E-state index < -0.39 is 36.1 Å². The van der Waals surface area contributed by atoms with E-state index in [9.17, 15) is 20.1 Å². The molecule has 0 aromatic rings. The van der Waals surface area contributed by atoms with Crippen LogP contribution in [-0.4, -0.2) is 101 Å². The highest BCUT2D eigenvalue weighted by atomic mass is 16.7. The Hall–Kier alpha value is -0.810. The number of aliphatic hydroxyl groups excluding tert-OH is 1. The molecule has 5 saturated carbocycles. The minimum atomic E-state index is -1.03. The number of carboxylic acid groups (broad SMARTS) is 1. The Bertz CT molecular complexity index is 1250. The maximum Gasteiger partial charge on any atom is 0.320 e. The molecular formula is C39H65NO8. The second-order valence-electron chi connectivity index (χ2n) is 19.0. The van der Waals surface area contributed by atoms with Crippen molar-refractivity contribution in [2.75, 3.05) is 26.3 Å². The summed E-state index contributed by atoms with van der Waals surface area (Å²) in [5, 5.41) is 33.2. The number of nitrogens with zero attached hydrogens (tertiary/aromatic N) is 1. The Balaban J connectivity index is 1.11. The van der Waals surface area contributed by atoms with Crippen molar-refractivity contribution in [1.29, 1.82) is 0 Å². The molecule has 7 fully saturated rings. The zero-order valence-corrected chi connectivity index (χ0v) is 31.2. The zero-order chi connectivity index (χ0) is 34.8. The van der Waals surface area contributed by atoms with Crippen LogP contribution in [0, 0.1) is 50.7 Å². The maximum atomic E-state index is 12.6. The minimum Gasteiger partial charge on any atom is -0.480 e. The minimum absolute atomic E-state index is 0.0169. The second-order valence-corrected chi connectivity index (χ2v) is 19.0. The third-order valence-electron chi connectivity index (χ3n) is 16.4. The summed E-state index contributed by atoms with van der Waals surface area (Å²) >= 11 is 0. The van der Waals surface area contributed by atoms with Crippen LogP contribution in [0.3, 0.4) is 0 Å². The fourth-order valence-electron chi connectivity index (χ4n) is 14.1. The molecule has 5 aliphatic carbocycles. The molecular weight excluding hydrogens is 610 g/mol. The first-order chi connectivity index (χ1) is 22.4. The van der Waals surface area contributed by atoms with Gasteiger partial charge in [0.1, 0.15) is 12.1 Å². The Morgan fingerprint density at radius 2 is 1.75 bits per heavy atom. The van der Waals surface area contributed by atoms with Crippen LogP contribution in [0.1, 0.15) is 114 Å². The molecule has 274 valence electrons. The molecule has 2 heterocycles. The van der Waals surface area contributed by atoms with E-state index in [2.05, 4.69) is 34.6 Å². The molecule has 0 aromatic carbocycles. The topological polar surface area (TPSA) is 118 Å². The molecule has 9 nitrogen and oxygen atoms in total. The molecule has 0 radical (unpaired) electrons. The van der Waals surface area contributed by atoms with Gasteiger partial charge in [-0.15, -0.1) is 0 Å². The molecule has 2 saturated heterocycles. The normalized spacial score (nSPS) is 51.0. The quantitative estimate of drug-likeness (QED) is 0.307. The number of carbonyl (C=O) groups is 1. The first-order valence-electron chi connectivity index (χ1n) is 19.3. The molecule has 7 rings (SSSR count). The lowest BCUT2D eigenvalue weighted by Crippen LogP contribution is -2.60. The van der Waals surface area contributed by atoms with Crippen LogP contribution in [0.4, 0.5) is 0 Å². The number of hydrogen-bond acceptors (Lipinski definition) is 8. The molecule has 3 N–H and O–H groups in total. The predicted molar refractivity (Wildman–Crippen MR) is 181 cm³/mol. The molecule has 9 heteroatoms. The molecule has 0 bridgehead atoms. The molecule has 2 spiro atoms. The van der Waals surface area contributed by atoms with Crippen LogP contribution >= 0.6 is 0 Å². The smallest absolute Gasteiger partial charge is 0.320 e. The van der Waals surface area contributed by atoms with Gasteiger partial charge < -0.3 is 34.3 Å². The van der Waals surface area contributed by atoms with E-state index in [1.807, 2.05) is 25.7 Å². The van der Waals surface area contributed by atoms with E-state index in [1.54, 1.807) is 6.92 Å². The van der Waals surface area contributed by atoms with Gasteiger partial charge in [0, 0.05) is 18.6 Å². The summed E-state index contributed by atoms with van der Waals surface area (Å²) in [6.07, 6.45) is 7.04. The van der Waals surface area contributed by atoms with Crippen LogP contribution in [0.2, 0.25) is 0 Å². The Kier molecular flexibility index (Phi) is 8.60. The van der Waals surface area contributed by atoms with Crippen LogP contribution in [0.15, 0.2) is 0 Å². The lowest BCUT2D eigenvalue weighted by Gasteiger charge is -2.64. The average Bonchev–Trinajstić information content (AvgIpc) is 3.65. The summed E-state index contributed by atoms with van der Waals surface area (Å²) in [5.74, 6) is 0.835. The first-order valence-corrected chi connectivity index (χ1v) is 19.3. The van der Waals surface area contributed by atoms with Crippen LogP contribution < -0.4 is 0 Å². The van der Waals surface area contributed by atoms with E-state index in [4.69, 9.17) is 18.9 Å². The van der Waals surface area contributed by atoms with Crippen molar-refractivity contribution in [2.45, 2.75) is 162 Å². The number of aliphatic hydroxyl groups is 2. The van der Waals surface area contributed by atoms with Crippen molar-refractivity contribution >= 4 is 5.97 Å². The third-order valence-corrected chi connectivity index (χ3v) is 16.4. The van der Waals surface area contributed by atoms with Crippen LogP contribution in [0.5, 0.6) is 0 Å². The number of morpholine rings is 1. The van der Waals surface area contributed by atoms with Gasteiger partial charge in [-0.3, -0.25) is 9.69 Å². The highest BCUT2D eigenvalue weighted by molar-refractivity contribution is 5.72. The summed E-state index contributed by atoms with van der Waals surface area (Å²) in [6.45, 7) is 21.5. The average molecular weight is 676 g/mol. The van der Waals surface area contributed by atoms with Gasteiger partial charge in [0.2, 0.25) is 0 Å². The highest BCUT2D eigenvalue weighted by Gasteiger charge is 2.84. The summed E-state index contributed by atoms with van der Waals surface area (Å²) < 4.78 is 25.9. The highest BCUT2D eigenvalue weighted by Crippen LogP contribution is 2.89. The lowest BCUT2D eigenvalue weighted by molar-refractivity contribution is -0.250. The van der Waals surface area contributed by atoms with Gasteiger partial charge in [-0.2, -0.15) is 0 Å². The van der Waals surface area contributed by atoms with Gasteiger partial charge in [0.25, 0.3) is 0 Å². The zero-order valence-electron chi connectivity index (χ0n) is 31.2. The van der Waals surface area contributed by atoms with Crippen LogP contribution in [-0.2, 0) is 23.7 Å². The van der Waals surface area contributed by atoms with E-state index >= 15 is 0 Å². The van der Waals surface area contributed by atoms with Crippen molar-refractivity contribution in [2.24, 2.45) is 50.7 Å². The number of fused-ring (bicyclic) bond motifs is 4. The molecule has 0 amide bonds. The van der Waals surface area contributed by atoms with Gasteiger partial charge in [-0.25, -0.2) is 0 Å². The van der Waals surface area contributed by atoms with Crippen molar-refractivity contribution in [3.8, 4) is 0 Å². The Labute approximate surface area is 288 Å². The summed E-state index contributed by atoms with van der Waals surface area (Å²) in [7, 11) is 0. The second kappa shape index (κ2) is 11.6. The van der Waals surface area contributed by atoms with Gasteiger partial charge in [-0.1, -0.05) is 34.6 Å². The molecule has 15 atom stereocenters. The lowest BCUT2D eigenvalue weighted by atomic mass is 9.41. The van der Waals surface area contributed by atoms with Crippen molar-refractivity contribution in [1.82, 2.24) is 4.90 Å².